The van der Waals surface area contributed by atoms with Crippen molar-refractivity contribution in [2.45, 2.75) is 44.1 Å². The van der Waals surface area contributed by atoms with Gasteiger partial charge in [0.2, 0.25) is 11.0 Å². The molecule has 1 N–H and O–H groups in total. The third kappa shape index (κ3) is 4.41. The predicted octanol–water partition coefficient (Wildman–Crippen LogP) is 3.97. The number of anilines is 1. The second kappa shape index (κ2) is 8.01. The maximum absolute atomic E-state index is 13.1. The molecule has 1 aromatic carbocycles. The van der Waals surface area contributed by atoms with E-state index in [1.54, 1.807) is 17.0 Å². The Bertz CT molecular complexity index is 710. The fraction of sp³-hybridized carbons (Fsp3) is 0.500. The largest absolute Gasteiger partial charge is 0.299 e. The van der Waals surface area contributed by atoms with Crippen molar-refractivity contribution in [2.24, 2.45) is 0 Å². The highest BCUT2D eigenvalue weighted by Gasteiger charge is 2.25. The molecule has 1 aromatic heterocycles. The van der Waals surface area contributed by atoms with Gasteiger partial charge in [-0.1, -0.05) is 42.7 Å². The van der Waals surface area contributed by atoms with Gasteiger partial charge in [0.05, 0.1) is 0 Å². The number of rotatable bonds is 5. The second-order valence-corrected chi connectivity index (χ2v) is 7.70. The van der Waals surface area contributed by atoms with Crippen LogP contribution >= 0.6 is 11.3 Å². The first-order valence-electron chi connectivity index (χ1n) is 8.61. The van der Waals surface area contributed by atoms with E-state index in [0.29, 0.717) is 11.0 Å². The molecule has 0 bridgehead atoms. The minimum absolute atomic E-state index is 0.192. The van der Waals surface area contributed by atoms with Crippen molar-refractivity contribution >= 4 is 22.4 Å². The van der Waals surface area contributed by atoms with Crippen LogP contribution in [0.15, 0.2) is 24.3 Å². The molecule has 3 rings (SSSR count). The highest BCUT2D eigenvalue weighted by atomic mass is 32.1. The minimum Gasteiger partial charge on any atom is -0.299 e. The maximum atomic E-state index is 13.1. The van der Waals surface area contributed by atoms with E-state index < -0.39 is 6.04 Å². The molecule has 1 heterocycles. The summed E-state index contributed by atoms with van der Waals surface area (Å²) < 4.78 is 13.1. The van der Waals surface area contributed by atoms with Crippen molar-refractivity contribution < 1.29 is 9.18 Å². The van der Waals surface area contributed by atoms with E-state index in [2.05, 4.69) is 15.5 Å². The van der Waals surface area contributed by atoms with E-state index in [-0.39, 0.29) is 11.7 Å². The van der Waals surface area contributed by atoms with Crippen molar-refractivity contribution in [3.05, 3.63) is 40.7 Å². The summed E-state index contributed by atoms with van der Waals surface area (Å²) in [6.07, 6.45) is 6.07. The van der Waals surface area contributed by atoms with Gasteiger partial charge in [0.25, 0.3) is 0 Å². The van der Waals surface area contributed by atoms with Crippen molar-refractivity contribution in [3.63, 3.8) is 0 Å². The zero-order chi connectivity index (χ0) is 17.8. The highest BCUT2D eigenvalue weighted by Crippen LogP contribution is 2.35. The zero-order valence-electron chi connectivity index (χ0n) is 14.5. The van der Waals surface area contributed by atoms with Crippen LogP contribution in [0, 0.1) is 5.82 Å². The molecule has 7 heteroatoms. The Kier molecular flexibility index (Phi) is 5.75. The van der Waals surface area contributed by atoms with E-state index in [9.17, 15) is 9.18 Å². The van der Waals surface area contributed by atoms with Gasteiger partial charge >= 0.3 is 0 Å². The predicted molar refractivity (Wildman–Crippen MR) is 97.2 cm³/mol. The van der Waals surface area contributed by atoms with Crippen LogP contribution in [0.1, 0.15) is 54.6 Å². The van der Waals surface area contributed by atoms with Crippen molar-refractivity contribution in [3.8, 4) is 0 Å². The number of hydrogen-bond donors (Lipinski definition) is 1. The molecule has 1 aliphatic rings. The molecule has 0 aliphatic heterocycles. The van der Waals surface area contributed by atoms with Crippen molar-refractivity contribution in [1.29, 1.82) is 0 Å². The minimum atomic E-state index is -0.511. The Morgan fingerprint density at radius 2 is 1.88 bits per heavy atom. The lowest BCUT2D eigenvalue weighted by Crippen LogP contribution is -2.32. The number of benzene rings is 1. The van der Waals surface area contributed by atoms with Crippen LogP contribution in [0.3, 0.4) is 0 Å². The molecule has 134 valence electrons. The fourth-order valence-electron chi connectivity index (χ4n) is 3.30. The molecule has 1 atom stereocenters. The monoisotopic (exact) mass is 362 g/mol. The molecule has 0 saturated heterocycles. The van der Waals surface area contributed by atoms with Gasteiger partial charge in [-0.2, -0.15) is 0 Å². The highest BCUT2D eigenvalue weighted by molar-refractivity contribution is 7.15. The van der Waals surface area contributed by atoms with Gasteiger partial charge < -0.3 is 0 Å². The molecule has 25 heavy (non-hydrogen) atoms. The number of nitrogens with one attached hydrogen (secondary N) is 1. The Balaban J connectivity index is 1.71. The summed E-state index contributed by atoms with van der Waals surface area (Å²) in [6.45, 7) is 0. The summed E-state index contributed by atoms with van der Waals surface area (Å²) in [5.74, 6) is -0.0375. The third-order valence-corrected chi connectivity index (χ3v) is 5.58. The summed E-state index contributed by atoms with van der Waals surface area (Å²) in [5.41, 5.74) is 0.737. The SMILES string of the molecule is CN(C)[C@H](C(=O)Nc1nnc(C2CCCCC2)s1)c1ccc(F)cc1. The number of aromatic nitrogens is 2. The molecule has 1 amide bonds. The lowest BCUT2D eigenvalue weighted by atomic mass is 9.90. The van der Waals surface area contributed by atoms with Crippen LogP contribution in [-0.2, 0) is 4.79 Å². The molecule has 1 saturated carbocycles. The van der Waals surface area contributed by atoms with Gasteiger partial charge in [-0.05, 0) is 44.6 Å². The molecule has 0 radical (unpaired) electrons. The zero-order valence-corrected chi connectivity index (χ0v) is 15.4. The van der Waals surface area contributed by atoms with E-state index in [1.807, 2.05) is 14.1 Å². The van der Waals surface area contributed by atoms with Crippen LogP contribution in [0.25, 0.3) is 0 Å². The maximum Gasteiger partial charge on any atom is 0.248 e. The summed E-state index contributed by atoms with van der Waals surface area (Å²) in [4.78, 5) is 14.5. The fourth-order valence-corrected chi connectivity index (χ4v) is 4.22. The Morgan fingerprint density at radius 3 is 2.52 bits per heavy atom. The summed E-state index contributed by atoms with van der Waals surface area (Å²) in [5, 5.41) is 12.8. The second-order valence-electron chi connectivity index (χ2n) is 6.69. The number of hydrogen-bond acceptors (Lipinski definition) is 5. The average molecular weight is 362 g/mol. The number of nitrogens with zero attached hydrogens (tertiary/aromatic N) is 3. The molecular formula is C18H23FN4OS. The molecular weight excluding hydrogens is 339 g/mol. The smallest absolute Gasteiger partial charge is 0.248 e. The lowest BCUT2D eigenvalue weighted by Gasteiger charge is -2.23. The van der Waals surface area contributed by atoms with Gasteiger partial charge in [0.15, 0.2) is 0 Å². The van der Waals surface area contributed by atoms with Gasteiger partial charge in [-0.25, -0.2) is 4.39 Å². The Hall–Kier alpha value is -1.86. The van der Waals surface area contributed by atoms with E-state index in [4.69, 9.17) is 0 Å². The number of amides is 1. The number of halogens is 1. The quantitative estimate of drug-likeness (QED) is 0.874. The molecule has 1 fully saturated rings. The van der Waals surface area contributed by atoms with E-state index in [0.717, 1.165) is 23.4 Å². The van der Waals surface area contributed by atoms with E-state index >= 15 is 0 Å². The van der Waals surface area contributed by atoms with Crippen molar-refractivity contribution in [1.82, 2.24) is 15.1 Å². The number of carbonyl (C=O) groups excluding carboxylic acids is 1. The summed E-state index contributed by atoms with van der Waals surface area (Å²) >= 11 is 1.46. The number of likely N-dealkylation sites (N-methyl/N-ethyl adjacent to an activating group) is 1. The summed E-state index contributed by atoms with van der Waals surface area (Å²) in [7, 11) is 3.64. The van der Waals surface area contributed by atoms with Crippen LogP contribution in [0.2, 0.25) is 0 Å². The van der Waals surface area contributed by atoms with Crippen LogP contribution in [0.5, 0.6) is 0 Å². The standard InChI is InChI=1S/C18H23FN4OS/c1-23(2)15(12-8-10-14(19)11-9-12)16(24)20-18-22-21-17(25-18)13-6-4-3-5-7-13/h8-11,13,15H,3-7H2,1-2H3,(H,20,22,24)/t15-/m0/s1. The Labute approximate surface area is 151 Å². The van der Waals surface area contributed by atoms with Crippen LogP contribution < -0.4 is 5.32 Å². The molecule has 5 nitrogen and oxygen atoms in total. The normalized spacial score (nSPS) is 16.8. The number of carbonyl (C=O) groups is 1. The van der Waals surface area contributed by atoms with E-state index in [1.165, 1.54) is 42.7 Å². The van der Waals surface area contributed by atoms with Gasteiger partial charge in [-0.15, -0.1) is 10.2 Å². The molecule has 0 unspecified atom stereocenters. The molecule has 1 aliphatic carbocycles. The average Bonchev–Trinajstić information content (AvgIpc) is 3.06. The van der Waals surface area contributed by atoms with Gasteiger partial charge in [0, 0.05) is 5.92 Å². The first kappa shape index (κ1) is 17.9. The molecule has 2 aromatic rings. The first-order valence-corrected chi connectivity index (χ1v) is 9.42. The lowest BCUT2D eigenvalue weighted by molar-refractivity contribution is -0.120. The topological polar surface area (TPSA) is 58.1 Å². The van der Waals surface area contributed by atoms with Gasteiger partial charge in [0.1, 0.15) is 16.9 Å². The first-order chi connectivity index (χ1) is 12.0. The summed E-state index contributed by atoms with van der Waals surface area (Å²) in [6, 6.07) is 5.49. The van der Waals surface area contributed by atoms with Crippen LogP contribution in [-0.4, -0.2) is 35.1 Å². The van der Waals surface area contributed by atoms with Crippen molar-refractivity contribution in [2.75, 3.05) is 19.4 Å². The Morgan fingerprint density at radius 1 is 1.20 bits per heavy atom. The third-order valence-electron chi connectivity index (χ3n) is 4.58. The molecule has 0 spiro atoms. The van der Waals surface area contributed by atoms with Gasteiger partial charge in [-0.3, -0.25) is 15.0 Å². The van der Waals surface area contributed by atoms with Crippen LogP contribution in [0.4, 0.5) is 9.52 Å².